The molecule has 0 saturated heterocycles. The first-order valence-electron chi connectivity index (χ1n) is 5.18. The Labute approximate surface area is 100 Å². The smallest absolute Gasteiger partial charge is 0.412 e. The molecule has 5 nitrogen and oxygen atoms in total. The molecular formula is C12H16N2O3. The Bertz CT molecular complexity index is 422. The van der Waals surface area contributed by atoms with Gasteiger partial charge in [-0.1, -0.05) is 17.3 Å². The molecule has 1 aromatic rings. The summed E-state index contributed by atoms with van der Waals surface area (Å²) in [7, 11) is 0. The second kappa shape index (κ2) is 5.34. The normalized spacial score (nSPS) is 11.5. The summed E-state index contributed by atoms with van der Waals surface area (Å²) in [6.07, 6.45) is 0.760. The summed E-state index contributed by atoms with van der Waals surface area (Å²) < 4.78 is 5.11. The van der Waals surface area contributed by atoms with E-state index in [1.165, 1.54) is 6.21 Å². The quantitative estimate of drug-likeness (QED) is 0.471. The summed E-state index contributed by atoms with van der Waals surface area (Å²) in [4.78, 5) is 11.5. The molecule has 0 atom stereocenters. The molecule has 0 bridgehead atoms. The zero-order chi connectivity index (χ0) is 12.9. The molecule has 0 aliphatic heterocycles. The maximum absolute atomic E-state index is 11.5. The van der Waals surface area contributed by atoms with Crippen molar-refractivity contribution in [3.63, 3.8) is 0 Å². The van der Waals surface area contributed by atoms with E-state index in [-0.39, 0.29) is 0 Å². The molecule has 17 heavy (non-hydrogen) atoms. The number of hydrogen-bond acceptors (Lipinski definition) is 4. The Balaban J connectivity index is 2.68. The molecule has 92 valence electrons. The number of amides is 1. The molecule has 2 N–H and O–H groups in total. The van der Waals surface area contributed by atoms with Gasteiger partial charge in [0.15, 0.2) is 0 Å². The number of anilines is 1. The third kappa shape index (κ3) is 5.01. The van der Waals surface area contributed by atoms with E-state index in [0.717, 1.165) is 0 Å². The van der Waals surface area contributed by atoms with Gasteiger partial charge in [-0.2, -0.15) is 0 Å². The van der Waals surface area contributed by atoms with E-state index in [2.05, 4.69) is 10.5 Å². The lowest BCUT2D eigenvalue weighted by molar-refractivity contribution is 0.0636. The average molecular weight is 236 g/mol. The Kier molecular flexibility index (Phi) is 4.09. The van der Waals surface area contributed by atoms with Gasteiger partial charge < -0.3 is 9.94 Å². The van der Waals surface area contributed by atoms with Crippen molar-refractivity contribution in [2.24, 2.45) is 5.16 Å². The van der Waals surface area contributed by atoms with Crippen molar-refractivity contribution >= 4 is 18.0 Å². The van der Waals surface area contributed by atoms with Crippen molar-refractivity contribution in [1.82, 2.24) is 0 Å². The van der Waals surface area contributed by atoms with Crippen LogP contribution in [0.3, 0.4) is 0 Å². The van der Waals surface area contributed by atoms with Crippen LogP contribution >= 0.6 is 0 Å². The molecule has 0 aromatic heterocycles. The maximum Gasteiger partial charge on any atom is 0.412 e. The van der Waals surface area contributed by atoms with E-state index in [4.69, 9.17) is 9.94 Å². The van der Waals surface area contributed by atoms with Crippen LogP contribution in [0.2, 0.25) is 0 Å². The third-order valence-electron chi connectivity index (χ3n) is 1.74. The first-order chi connectivity index (χ1) is 7.90. The van der Waals surface area contributed by atoms with Gasteiger partial charge in [-0.25, -0.2) is 4.79 Å². The molecule has 0 fully saturated rings. The van der Waals surface area contributed by atoms with Crippen molar-refractivity contribution in [2.45, 2.75) is 26.4 Å². The number of nitrogens with zero attached hydrogens (tertiary/aromatic N) is 1. The minimum Gasteiger partial charge on any atom is -0.444 e. The number of carbonyl (C=O) groups is 1. The van der Waals surface area contributed by atoms with E-state index in [1.807, 2.05) is 0 Å². The standard InChI is InChI=1S/C12H16N2O3/c1-12(2,3)17-11(15)14-10-6-4-5-9(7-10)8-13-16/h4-8,16H,1-3H3,(H,14,15)/b13-8+. The lowest BCUT2D eigenvalue weighted by atomic mass is 10.2. The van der Waals surface area contributed by atoms with Crippen LogP contribution < -0.4 is 5.32 Å². The molecule has 1 aromatic carbocycles. The van der Waals surface area contributed by atoms with Crippen LogP contribution in [0.1, 0.15) is 26.3 Å². The van der Waals surface area contributed by atoms with Crippen molar-refractivity contribution in [1.29, 1.82) is 0 Å². The van der Waals surface area contributed by atoms with E-state index in [0.29, 0.717) is 11.3 Å². The second-order valence-corrected chi connectivity index (χ2v) is 4.50. The zero-order valence-corrected chi connectivity index (χ0v) is 10.1. The molecule has 0 spiro atoms. The van der Waals surface area contributed by atoms with Crippen LogP contribution in [0.5, 0.6) is 0 Å². The Morgan fingerprint density at radius 2 is 2.18 bits per heavy atom. The molecule has 0 radical (unpaired) electrons. The SMILES string of the molecule is CC(C)(C)OC(=O)Nc1cccc(/C=N/O)c1. The summed E-state index contributed by atoms with van der Waals surface area (Å²) in [6, 6.07) is 6.88. The van der Waals surface area contributed by atoms with Gasteiger partial charge in [0.05, 0.1) is 6.21 Å². The Morgan fingerprint density at radius 3 is 2.76 bits per heavy atom. The van der Waals surface area contributed by atoms with Crippen LogP contribution in [0.25, 0.3) is 0 Å². The number of benzene rings is 1. The lowest BCUT2D eigenvalue weighted by Gasteiger charge is -2.19. The molecule has 0 aliphatic rings. The van der Waals surface area contributed by atoms with Gasteiger partial charge in [0, 0.05) is 5.69 Å². The number of hydrogen-bond donors (Lipinski definition) is 2. The predicted octanol–water partition coefficient (Wildman–Crippen LogP) is 2.84. The maximum atomic E-state index is 11.5. The molecular weight excluding hydrogens is 220 g/mol. The van der Waals surface area contributed by atoms with Crippen LogP contribution in [0, 0.1) is 0 Å². The molecule has 0 unspecified atom stereocenters. The number of oxime groups is 1. The van der Waals surface area contributed by atoms with Crippen LogP contribution in [-0.4, -0.2) is 23.1 Å². The highest BCUT2D eigenvalue weighted by Gasteiger charge is 2.15. The number of ether oxygens (including phenoxy) is 1. The highest BCUT2D eigenvalue weighted by atomic mass is 16.6. The highest BCUT2D eigenvalue weighted by Crippen LogP contribution is 2.12. The zero-order valence-electron chi connectivity index (χ0n) is 10.1. The molecule has 1 rings (SSSR count). The summed E-state index contributed by atoms with van der Waals surface area (Å²) in [5.41, 5.74) is 0.728. The van der Waals surface area contributed by atoms with Crippen LogP contribution in [0.4, 0.5) is 10.5 Å². The molecule has 0 aliphatic carbocycles. The number of rotatable bonds is 2. The monoisotopic (exact) mass is 236 g/mol. The summed E-state index contributed by atoms with van der Waals surface area (Å²) in [5, 5.41) is 13.9. The van der Waals surface area contributed by atoms with Gasteiger partial charge in [0.1, 0.15) is 5.60 Å². The van der Waals surface area contributed by atoms with Gasteiger partial charge in [-0.3, -0.25) is 5.32 Å². The fourth-order valence-corrected chi connectivity index (χ4v) is 1.18. The topological polar surface area (TPSA) is 70.9 Å². The summed E-state index contributed by atoms with van der Waals surface area (Å²) in [5.74, 6) is 0. The van der Waals surface area contributed by atoms with Crippen molar-refractivity contribution in [3.8, 4) is 0 Å². The molecule has 0 saturated carbocycles. The van der Waals surface area contributed by atoms with E-state index >= 15 is 0 Å². The van der Waals surface area contributed by atoms with Crippen LogP contribution in [-0.2, 0) is 4.74 Å². The van der Waals surface area contributed by atoms with E-state index < -0.39 is 11.7 Å². The Morgan fingerprint density at radius 1 is 1.47 bits per heavy atom. The molecule has 5 heteroatoms. The van der Waals surface area contributed by atoms with Gasteiger partial charge in [-0.05, 0) is 38.5 Å². The lowest BCUT2D eigenvalue weighted by Crippen LogP contribution is -2.27. The fraction of sp³-hybridized carbons (Fsp3) is 0.333. The predicted molar refractivity (Wildman–Crippen MR) is 65.7 cm³/mol. The van der Waals surface area contributed by atoms with Crippen molar-refractivity contribution in [2.75, 3.05) is 5.32 Å². The minimum atomic E-state index is -0.533. The number of carbonyl (C=O) groups excluding carboxylic acids is 1. The average Bonchev–Trinajstić information content (AvgIpc) is 2.15. The van der Waals surface area contributed by atoms with Crippen molar-refractivity contribution < 1.29 is 14.7 Å². The fourth-order valence-electron chi connectivity index (χ4n) is 1.18. The minimum absolute atomic E-state index is 0.518. The van der Waals surface area contributed by atoms with Crippen molar-refractivity contribution in [3.05, 3.63) is 29.8 Å². The van der Waals surface area contributed by atoms with E-state index in [1.54, 1.807) is 45.0 Å². The largest absolute Gasteiger partial charge is 0.444 e. The van der Waals surface area contributed by atoms with Gasteiger partial charge in [0.25, 0.3) is 0 Å². The van der Waals surface area contributed by atoms with Gasteiger partial charge in [0.2, 0.25) is 0 Å². The third-order valence-corrected chi connectivity index (χ3v) is 1.74. The highest BCUT2D eigenvalue weighted by molar-refractivity contribution is 5.87. The van der Waals surface area contributed by atoms with Crippen LogP contribution in [0.15, 0.2) is 29.4 Å². The summed E-state index contributed by atoms with van der Waals surface area (Å²) >= 11 is 0. The van der Waals surface area contributed by atoms with E-state index in [9.17, 15) is 4.79 Å². The molecule has 1 amide bonds. The molecule has 0 heterocycles. The first-order valence-corrected chi connectivity index (χ1v) is 5.18. The van der Waals surface area contributed by atoms with Gasteiger partial charge >= 0.3 is 6.09 Å². The number of nitrogens with one attached hydrogen (secondary N) is 1. The second-order valence-electron chi connectivity index (χ2n) is 4.50. The van der Waals surface area contributed by atoms with Gasteiger partial charge in [-0.15, -0.1) is 0 Å². The summed E-state index contributed by atoms with van der Waals surface area (Å²) in [6.45, 7) is 5.38. The Hall–Kier alpha value is -2.04. The first kappa shape index (κ1) is 13.0.